The largest absolute Gasteiger partial charge is 0.573 e. The van der Waals surface area contributed by atoms with Gasteiger partial charge in [0.2, 0.25) is 0 Å². The second-order valence-corrected chi connectivity index (χ2v) is 3.93. The molecule has 0 saturated heterocycles. The third-order valence-corrected chi connectivity index (χ3v) is 2.49. The molecule has 0 unspecified atom stereocenters. The Kier molecular flexibility index (Phi) is 3.33. The normalized spacial score (nSPS) is 11.5. The molecule has 19 heavy (non-hydrogen) atoms. The minimum absolute atomic E-state index is 0.180. The van der Waals surface area contributed by atoms with Gasteiger partial charge in [-0.3, -0.25) is 4.79 Å². The maximum absolute atomic E-state index is 12.2. The van der Waals surface area contributed by atoms with Gasteiger partial charge in [-0.15, -0.1) is 13.2 Å². The van der Waals surface area contributed by atoms with E-state index in [9.17, 15) is 18.0 Å². The maximum atomic E-state index is 12.2. The van der Waals surface area contributed by atoms with Crippen LogP contribution < -0.4 is 4.74 Å². The summed E-state index contributed by atoms with van der Waals surface area (Å²) >= 11 is 0. The summed E-state index contributed by atoms with van der Waals surface area (Å²) in [6.45, 7) is 0. The molecule has 0 atom stereocenters. The Bertz CT molecular complexity index is 620. The Labute approximate surface area is 106 Å². The number of alkyl halides is 3. The Morgan fingerprint density at radius 3 is 2.58 bits per heavy atom. The number of carboxylic acids is 1. The average molecular weight is 270 g/mol. The lowest BCUT2D eigenvalue weighted by molar-refractivity contribution is -0.274. The van der Waals surface area contributed by atoms with E-state index in [1.807, 2.05) is 0 Å². The summed E-state index contributed by atoms with van der Waals surface area (Å²) in [5, 5.41) is 9.46. The number of carbonyl (C=O) groups is 1. The smallest absolute Gasteiger partial charge is 0.481 e. The molecule has 0 aliphatic carbocycles. The molecule has 0 radical (unpaired) electrons. The molecule has 0 saturated carbocycles. The van der Waals surface area contributed by atoms with Gasteiger partial charge in [0.1, 0.15) is 5.75 Å². The molecule has 2 aromatic carbocycles. The van der Waals surface area contributed by atoms with Gasteiger partial charge in [-0.1, -0.05) is 30.3 Å². The number of fused-ring (bicyclic) bond motifs is 1. The first-order valence-corrected chi connectivity index (χ1v) is 5.34. The number of hydrogen-bond donors (Lipinski definition) is 1. The SMILES string of the molecule is O=C(O)Cc1ccc2c(OC(F)(F)F)cccc2c1. The minimum Gasteiger partial charge on any atom is -0.481 e. The number of rotatable bonds is 3. The van der Waals surface area contributed by atoms with E-state index in [1.54, 1.807) is 6.07 Å². The lowest BCUT2D eigenvalue weighted by Gasteiger charge is -2.11. The lowest BCUT2D eigenvalue weighted by atomic mass is 10.0. The van der Waals surface area contributed by atoms with E-state index >= 15 is 0 Å². The van der Waals surface area contributed by atoms with Crippen molar-refractivity contribution in [3.05, 3.63) is 42.0 Å². The highest BCUT2D eigenvalue weighted by Crippen LogP contribution is 2.31. The fourth-order valence-electron chi connectivity index (χ4n) is 1.80. The van der Waals surface area contributed by atoms with E-state index in [4.69, 9.17) is 5.11 Å². The Balaban J connectivity index is 2.43. The standard InChI is InChI=1S/C13H9F3O3/c14-13(15,16)19-11-3-1-2-9-6-8(7-12(17)18)4-5-10(9)11/h1-6H,7H2,(H,17,18). The summed E-state index contributed by atoms with van der Waals surface area (Å²) in [6.07, 6.45) is -4.94. The van der Waals surface area contributed by atoms with Gasteiger partial charge in [-0.05, 0) is 17.0 Å². The third-order valence-electron chi connectivity index (χ3n) is 2.49. The molecule has 2 aromatic rings. The topological polar surface area (TPSA) is 46.5 Å². The van der Waals surface area contributed by atoms with Crippen molar-refractivity contribution in [2.75, 3.05) is 0 Å². The number of hydrogen-bond acceptors (Lipinski definition) is 2. The summed E-state index contributed by atoms with van der Waals surface area (Å²) in [5.74, 6) is -1.30. The van der Waals surface area contributed by atoms with Crippen LogP contribution in [-0.4, -0.2) is 17.4 Å². The highest BCUT2D eigenvalue weighted by molar-refractivity contribution is 5.89. The molecule has 0 heterocycles. The predicted molar refractivity (Wildman–Crippen MR) is 62.0 cm³/mol. The predicted octanol–water partition coefficient (Wildman–Crippen LogP) is 3.37. The van der Waals surface area contributed by atoms with Crippen molar-refractivity contribution < 1.29 is 27.8 Å². The van der Waals surface area contributed by atoms with Gasteiger partial charge in [0.25, 0.3) is 0 Å². The highest BCUT2D eigenvalue weighted by Gasteiger charge is 2.31. The lowest BCUT2D eigenvalue weighted by Crippen LogP contribution is -2.17. The minimum atomic E-state index is -4.76. The van der Waals surface area contributed by atoms with E-state index in [0.717, 1.165) is 0 Å². The van der Waals surface area contributed by atoms with Gasteiger partial charge in [0.15, 0.2) is 0 Å². The quantitative estimate of drug-likeness (QED) is 0.930. The van der Waals surface area contributed by atoms with Crippen LogP contribution in [0.3, 0.4) is 0 Å². The molecule has 1 N–H and O–H groups in total. The van der Waals surface area contributed by atoms with E-state index in [2.05, 4.69) is 4.74 Å². The molecule has 0 spiro atoms. The van der Waals surface area contributed by atoms with Gasteiger partial charge >= 0.3 is 12.3 Å². The van der Waals surface area contributed by atoms with Gasteiger partial charge < -0.3 is 9.84 Å². The molecular weight excluding hydrogens is 261 g/mol. The van der Waals surface area contributed by atoms with E-state index in [1.165, 1.54) is 30.3 Å². The molecule has 0 fully saturated rings. The molecular formula is C13H9F3O3. The van der Waals surface area contributed by atoms with Crippen LogP contribution in [0.2, 0.25) is 0 Å². The average Bonchev–Trinajstić information content (AvgIpc) is 2.26. The fraction of sp³-hybridized carbons (Fsp3) is 0.154. The highest BCUT2D eigenvalue weighted by atomic mass is 19.4. The first kappa shape index (κ1) is 13.2. The number of halogens is 3. The van der Waals surface area contributed by atoms with Crippen molar-refractivity contribution in [2.45, 2.75) is 12.8 Å². The number of carboxylic acid groups (broad SMARTS) is 1. The van der Waals surface area contributed by atoms with Crippen molar-refractivity contribution in [1.29, 1.82) is 0 Å². The van der Waals surface area contributed by atoms with Crippen LogP contribution in [0.4, 0.5) is 13.2 Å². The molecule has 0 aromatic heterocycles. The number of aliphatic carboxylic acids is 1. The maximum Gasteiger partial charge on any atom is 0.573 e. The molecule has 2 rings (SSSR count). The van der Waals surface area contributed by atoms with Gasteiger partial charge in [0, 0.05) is 5.39 Å². The molecule has 0 amide bonds. The molecule has 0 aliphatic heterocycles. The van der Waals surface area contributed by atoms with Crippen LogP contribution in [0.1, 0.15) is 5.56 Å². The zero-order chi connectivity index (χ0) is 14.0. The Morgan fingerprint density at radius 1 is 1.21 bits per heavy atom. The van der Waals surface area contributed by atoms with Crippen LogP contribution in [0, 0.1) is 0 Å². The van der Waals surface area contributed by atoms with Crippen LogP contribution >= 0.6 is 0 Å². The monoisotopic (exact) mass is 270 g/mol. The molecule has 6 heteroatoms. The van der Waals surface area contributed by atoms with Gasteiger partial charge in [-0.25, -0.2) is 0 Å². The van der Waals surface area contributed by atoms with Crippen LogP contribution in [-0.2, 0) is 11.2 Å². The summed E-state index contributed by atoms with van der Waals surface area (Å²) in [5.41, 5.74) is 0.518. The van der Waals surface area contributed by atoms with Crippen molar-refractivity contribution in [2.24, 2.45) is 0 Å². The molecule has 0 aliphatic rings. The summed E-state index contributed by atoms with van der Waals surface area (Å²) in [4.78, 5) is 10.6. The van der Waals surface area contributed by atoms with Crippen LogP contribution in [0.15, 0.2) is 36.4 Å². The van der Waals surface area contributed by atoms with Gasteiger partial charge in [0.05, 0.1) is 6.42 Å². The summed E-state index contributed by atoms with van der Waals surface area (Å²) in [7, 11) is 0. The molecule has 100 valence electrons. The van der Waals surface area contributed by atoms with Crippen molar-refractivity contribution in [3.63, 3.8) is 0 Å². The van der Waals surface area contributed by atoms with E-state index in [0.29, 0.717) is 10.9 Å². The second-order valence-electron chi connectivity index (χ2n) is 3.93. The van der Waals surface area contributed by atoms with Crippen molar-refractivity contribution in [1.82, 2.24) is 0 Å². The number of ether oxygens (including phenoxy) is 1. The first-order valence-electron chi connectivity index (χ1n) is 5.34. The molecule has 0 bridgehead atoms. The third kappa shape index (κ3) is 3.37. The van der Waals surface area contributed by atoms with E-state index in [-0.39, 0.29) is 17.6 Å². The summed E-state index contributed by atoms with van der Waals surface area (Å²) < 4.78 is 40.6. The molecule has 3 nitrogen and oxygen atoms in total. The van der Waals surface area contributed by atoms with Gasteiger partial charge in [-0.2, -0.15) is 0 Å². The van der Waals surface area contributed by atoms with Crippen LogP contribution in [0.5, 0.6) is 5.75 Å². The first-order chi connectivity index (χ1) is 8.85. The van der Waals surface area contributed by atoms with E-state index < -0.39 is 12.3 Å². The van der Waals surface area contributed by atoms with Crippen molar-refractivity contribution >= 4 is 16.7 Å². The zero-order valence-corrected chi connectivity index (χ0v) is 9.57. The number of benzene rings is 2. The summed E-state index contributed by atoms with van der Waals surface area (Å²) in [6, 6.07) is 8.67. The van der Waals surface area contributed by atoms with Crippen molar-refractivity contribution in [3.8, 4) is 5.75 Å². The Morgan fingerprint density at radius 2 is 1.95 bits per heavy atom. The van der Waals surface area contributed by atoms with Crippen LogP contribution in [0.25, 0.3) is 10.8 Å². The fourth-order valence-corrected chi connectivity index (χ4v) is 1.80. The zero-order valence-electron chi connectivity index (χ0n) is 9.57. The Hall–Kier alpha value is -2.24. The second kappa shape index (κ2) is 4.79.